The fourth-order valence-electron chi connectivity index (χ4n) is 3.43. The molecular formula is C18H15N5O2S2. The van der Waals surface area contributed by atoms with Crippen LogP contribution in [0.3, 0.4) is 0 Å². The van der Waals surface area contributed by atoms with Gasteiger partial charge in [0.25, 0.3) is 11.5 Å². The fourth-order valence-corrected chi connectivity index (χ4v) is 5.12. The highest BCUT2D eigenvalue weighted by Gasteiger charge is 2.28. The summed E-state index contributed by atoms with van der Waals surface area (Å²) < 4.78 is 3.14. The second kappa shape index (κ2) is 6.50. The third-order valence-electron chi connectivity index (χ3n) is 4.87. The number of nitrogens with zero attached hydrogens (tertiary/aromatic N) is 5. The Labute approximate surface area is 161 Å². The van der Waals surface area contributed by atoms with Crippen LogP contribution >= 0.6 is 22.7 Å². The van der Waals surface area contributed by atoms with Crippen molar-refractivity contribution >= 4 is 49.0 Å². The Bertz CT molecular complexity index is 1170. The van der Waals surface area contributed by atoms with E-state index in [4.69, 9.17) is 0 Å². The van der Waals surface area contributed by atoms with Crippen LogP contribution in [-0.4, -0.2) is 43.9 Å². The number of hydrogen-bond acceptors (Lipinski definition) is 7. The number of aromatic nitrogens is 4. The molecule has 3 aromatic heterocycles. The fraction of sp³-hybridized carbons (Fsp3) is 0.278. The first-order valence-corrected chi connectivity index (χ1v) is 10.4. The molecule has 4 aromatic rings. The second-order valence-electron chi connectivity index (χ2n) is 6.48. The zero-order valence-corrected chi connectivity index (χ0v) is 15.9. The minimum Gasteiger partial charge on any atom is -0.336 e. The van der Waals surface area contributed by atoms with Gasteiger partial charge in [-0.3, -0.25) is 9.59 Å². The second-order valence-corrected chi connectivity index (χ2v) is 8.43. The maximum absolute atomic E-state index is 12.8. The number of benzene rings is 1. The molecule has 0 N–H and O–H groups in total. The molecule has 0 aliphatic carbocycles. The third kappa shape index (κ3) is 2.83. The Hall–Kier alpha value is -2.65. The number of amides is 1. The topological polar surface area (TPSA) is 81.0 Å². The summed E-state index contributed by atoms with van der Waals surface area (Å²) >= 11 is 2.81. The minimum absolute atomic E-state index is 0.0316. The van der Waals surface area contributed by atoms with Gasteiger partial charge in [-0.05, 0) is 36.4 Å². The smallest absolute Gasteiger partial charge is 0.287 e. The van der Waals surface area contributed by atoms with Crippen LogP contribution in [0.25, 0.3) is 20.4 Å². The highest BCUT2D eigenvalue weighted by atomic mass is 32.1. The van der Waals surface area contributed by atoms with E-state index in [1.165, 1.54) is 27.4 Å². The van der Waals surface area contributed by atoms with Crippen LogP contribution in [-0.2, 0) is 0 Å². The molecule has 0 unspecified atom stereocenters. The van der Waals surface area contributed by atoms with Crippen molar-refractivity contribution in [1.29, 1.82) is 0 Å². The van der Waals surface area contributed by atoms with E-state index in [1.807, 2.05) is 34.5 Å². The van der Waals surface area contributed by atoms with Crippen molar-refractivity contribution in [2.75, 3.05) is 13.1 Å². The molecule has 0 bridgehead atoms. The zero-order chi connectivity index (χ0) is 18.4. The summed E-state index contributed by atoms with van der Waals surface area (Å²) in [5, 5.41) is 10.6. The van der Waals surface area contributed by atoms with Gasteiger partial charge in [-0.25, -0.2) is 9.67 Å². The lowest BCUT2D eigenvalue weighted by molar-refractivity contribution is 0.0687. The number of para-hydroxylation sites is 1. The number of piperidine rings is 1. The quantitative estimate of drug-likeness (QED) is 0.519. The number of hydrogen-bond donors (Lipinski definition) is 0. The molecule has 0 saturated carbocycles. The van der Waals surface area contributed by atoms with Crippen molar-refractivity contribution in [3.63, 3.8) is 0 Å². The number of thiophene rings is 1. The summed E-state index contributed by atoms with van der Waals surface area (Å²) in [6.45, 7) is 1.16. The van der Waals surface area contributed by atoms with Crippen molar-refractivity contribution in [3.05, 3.63) is 51.1 Å². The van der Waals surface area contributed by atoms with Crippen molar-refractivity contribution in [2.24, 2.45) is 0 Å². The predicted octanol–water partition coefficient (Wildman–Crippen LogP) is 2.94. The first kappa shape index (κ1) is 16.5. The van der Waals surface area contributed by atoms with Gasteiger partial charge in [0.15, 0.2) is 5.01 Å². The highest BCUT2D eigenvalue weighted by Crippen LogP contribution is 2.26. The summed E-state index contributed by atoms with van der Waals surface area (Å²) in [5.41, 5.74) is 1.41. The minimum atomic E-state index is -0.0917. The van der Waals surface area contributed by atoms with Crippen molar-refractivity contribution in [2.45, 2.75) is 18.9 Å². The van der Waals surface area contributed by atoms with Gasteiger partial charge >= 0.3 is 0 Å². The van der Waals surface area contributed by atoms with Gasteiger partial charge in [-0.1, -0.05) is 17.3 Å². The number of carbonyl (C=O) groups is 1. The van der Waals surface area contributed by atoms with Gasteiger partial charge in [0, 0.05) is 13.1 Å². The predicted molar refractivity (Wildman–Crippen MR) is 105 cm³/mol. The summed E-state index contributed by atoms with van der Waals surface area (Å²) in [4.78, 5) is 31.7. The van der Waals surface area contributed by atoms with Crippen LogP contribution in [0, 0.1) is 0 Å². The lowest BCUT2D eigenvalue weighted by Crippen LogP contribution is -2.41. The molecule has 136 valence electrons. The lowest BCUT2D eigenvalue weighted by atomic mass is 10.1. The van der Waals surface area contributed by atoms with E-state index < -0.39 is 0 Å². The maximum Gasteiger partial charge on any atom is 0.287 e. The van der Waals surface area contributed by atoms with E-state index in [1.54, 1.807) is 6.07 Å². The highest BCUT2D eigenvalue weighted by molar-refractivity contribution is 7.20. The molecule has 27 heavy (non-hydrogen) atoms. The molecule has 9 heteroatoms. The van der Waals surface area contributed by atoms with E-state index in [0.29, 0.717) is 41.2 Å². The molecule has 1 amide bonds. The van der Waals surface area contributed by atoms with Gasteiger partial charge in [0.05, 0.1) is 16.3 Å². The van der Waals surface area contributed by atoms with E-state index in [0.717, 1.165) is 10.2 Å². The van der Waals surface area contributed by atoms with Crippen molar-refractivity contribution in [1.82, 2.24) is 24.9 Å². The van der Waals surface area contributed by atoms with Crippen LogP contribution in [0.1, 0.15) is 28.7 Å². The van der Waals surface area contributed by atoms with Gasteiger partial charge in [0.1, 0.15) is 10.2 Å². The number of carbonyl (C=O) groups excluding carboxylic acids is 1. The molecule has 1 aliphatic rings. The molecule has 5 rings (SSSR count). The molecule has 4 heterocycles. The third-order valence-corrected chi connectivity index (χ3v) is 6.79. The molecular weight excluding hydrogens is 382 g/mol. The molecule has 1 saturated heterocycles. The van der Waals surface area contributed by atoms with Crippen LogP contribution in [0.5, 0.6) is 0 Å². The average molecular weight is 397 g/mol. The number of thiazole rings is 1. The van der Waals surface area contributed by atoms with Crippen LogP contribution in [0.4, 0.5) is 0 Å². The molecule has 1 fully saturated rings. The Morgan fingerprint density at radius 2 is 1.93 bits per heavy atom. The van der Waals surface area contributed by atoms with Gasteiger partial charge < -0.3 is 4.90 Å². The Balaban J connectivity index is 1.34. The van der Waals surface area contributed by atoms with E-state index in [-0.39, 0.29) is 17.5 Å². The number of likely N-dealkylation sites (tertiary alicyclic amines) is 1. The van der Waals surface area contributed by atoms with Crippen molar-refractivity contribution < 1.29 is 4.79 Å². The normalized spacial score (nSPS) is 15.6. The molecule has 1 aromatic carbocycles. The van der Waals surface area contributed by atoms with E-state index >= 15 is 0 Å². The Morgan fingerprint density at radius 3 is 2.74 bits per heavy atom. The zero-order valence-electron chi connectivity index (χ0n) is 14.2. The van der Waals surface area contributed by atoms with Crippen molar-refractivity contribution in [3.8, 4) is 0 Å². The largest absolute Gasteiger partial charge is 0.336 e. The molecule has 0 spiro atoms. The first-order chi connectivity index (χ1) is 13.2. The summed E-state index contributed by atoms with van der Waals surface area (Å²) in [5.74, 6) is -0.0400. The molecule has 1 aliphatic heterocycles. The molecule has 0 radical (unpaired) electrons. The molecule has 0 atom stereocenters. The van der Waals surface area contributed by atoms with E-state index in [9.17, 15) is 9.59 Å². The SMILES string of the molecule is O=C(c1nc2ccccc2s1)N1CCC(n2nnc3ccsc3c2=O)CC1. The molecule has 7 nitrogen and oxygen atoms in total. The average Bonchev–Trinajstić information content (AvgIpc) is 3.35. The Kier molecular flexibility index (Phi) is 3.98. The summed E-state index contributed by atoms with van der Waals surface area (Å²) in [6.07, 6.45) is 1.37. The number of rotatable bonds is 2. The lowest BCUT2D eigenvalue weighted by Gasteiger charge is -2.31. The van der Waals surface area contributed by atoms with Crippen LogP contribution in [0.2, 0.25) is 0 Å². The maximum atomic E-state index is 12.8. The summed E-state index contributed by atoms with van der Waals surface area (Å²) in [6, 6.07) is 9.53. The standard InChI is InChI=1S/C18H15N5O2S2/c24-17-15-13(7-10-26-15)20-21-23(17)11-5-8-22(9-6-11)18(25)16-19-12-3-1-2-4-14(12)27-16/h1-4,7,10-11H,5-6,8-9H2. The van der Waals surface area contributed by atoms with Crippen LogP contribution < -0.4 is 5.56 Å². The first-order valence-electron chi connectivity index (χ1n) is 8.68. The summed E-state index contributed by atoms with van der Waals surface area (Å²) in [7, 11) is 0. The van der Waals surface area contributed by atoms with Crippen LogP contribution in [0.15, 0.2) is 40.5 Å². The van der Waals surface area contributed by atoms with E-state index in [2.05, 4.69) is 15.3 Å². The Morgan fingerprint density at radius 1 is 1.11 bits per heavy atom. The number of fused-ring (bicyclic) bond motifs is 2. The monoisotopic (exact) mass is 397 g/mol. The van der Waals surface area contributed by atoms with Gasteiger partial charge in [-0.2, -0.15) is 0 Å². The van der Waals surface area contributed by atoms with Gasteiger partial charge in [0.2, 0.25) is 0 Å². The van der Waals surface area contributed by atoms with Gasteiger partial charge in [-0.15, -0.1) is 27.8 Å².